The average molecular weight is 2040 g/mol. The summed E-state index contributed by atoms with van der Waals surface area (Å²) in [6.07, 6.45) is 3.57. The van der Waals surface area contributed by atoms with Gasteiger partial charge in [0.15, 0.2) is 6.29 Å². The van der Waals surface area contributed by atoms with Gasteiger partial charge in [0, 0.05) is 22.0 Å². The Kier molecular flexibility index (Phi) is 104. The molecule has 0 aromatic heterocycles. The molecule has 1 unspecified atom stereocenters. The Morgan fingerprint density at radius 1 is 0.439 bits per heavy atom. The number of aliphatic hydroxyl groups is 2. The van der Waals surface area contributed by atoms with E-state index in [9.17, 15) is 133 Å². The van der Waals surface area contributed by atoms with Crippen molar-refractivity contribution >= 4 is 143 Å². The van der Waals surface area contributed by atoms with Crippen molar-refractivity contribution in [3.05, 3.63) is 221 Å². The molecule has 59 heteroatoms. The first kappa shape index (κ1) is 151. The molecule has 0 heterocycles. The van der Waals surface area contributed by atoms with Crippen molar-refractivity contribution in [2.45, 2.75) is 101 Å². The molecular formula is C64H55K2Na10O37S10-. The van der Waals surface area contributed by atoms with Gasteiger partial charge >= 0.3 is 416 Å². The van der Waals surface area contributed by atoms with Crippen LogP contribution in [0.2, 0.25) is 0 Å². The predicted molar refractivity (Wildman–Crippen MR) is 369 cm³/mol. The SMILES string of the molecule is O=C(O)c1cc(C(O)O)cc([S-](=O)=O)c1.O=C(O)c1cccc(S(=O)[O-])c1.O=C(O)c1ccccc1[S-](=O)=O.O=C([O-])CCc1ccc([S-](=O)=O)cc1.O=C([O-])COc1ccc([S-](=O)=O)cc1.O=C([O-])c1ccc([S-](=O)=O)cc1.O=[S-](=O)C1CCCCC1.O=[S-](=O)c1ccc(O)cc1.O=[S-](=O)c1cccc(S(=O)(=O)[O-])c1.[K+].[K+].[Na+].[Na+].[Na+].[Na+].[Na+].[Na+].[Na+].[Na+].[Na+].[Na+]. The summed E-state index contributed by atoms with van der Waals surface area (Å²) in [4.78, 5) is 61.0. The summed E-state index contributed by atoms with van der Waals surface area (Å²) >= 11 is -2.37. The number of aromatic hydroxyl groups is 1. The third-order valence-electron chi connectivity index (χ3n) is 12.8. The van der Waals surface area contributed by atoms with E-state index in [2.05, 4.69) is 0 Å². The van der Waals surface area contributed by atoms with E-state index in [1.54, 1.807) is 12.1 Å². The summed E-state index contributed by atoms with van der Waals surface area (Å²) in [5.41, 5.74) is 0.00373. The van der Waals surface area contributed by atoms with Crippen LogP contribution >= 0.6 is 0 Å². The van der Waals surface area contributed by atoms with E-state index in [4.69, 9.17) is 35.4 Å². The topological polar surface area (TPSA) is 673 Å². The number of rotatable bonds is 21. The molecule has 9 rings (SSSR count). The summed E-state index contributed by atoms with van der Waals surface area (Å²) in [6, 6.07) is 39.2. The summed E-state index contributed by atoms with van der Waals surface area (Å²) in [6.45, 7) is -0.556. The zero-order valence-corrected chi connectivity index (χ0v) is 102. The molecule has 37 nitrogen and oxygen atoms in total. The second kappa shape index (κ2) is 84.3. The number of aryl methyl sites for hydroxylation is 1. The van der Waals surface area contributed by atoms with Gasteiger partial charge in [-0.05, 0) is 171 Å². The molecule has 1 aliphatic rings. The normalized spacial score (nSPS) is 10.6. The predicted octanol–water partition coefficient (Wildman–Crippen LogP) is -32.1. The number of aliphatic hydroxyl groups excluding tert-OH is 1. The molecule has 8 aromatic rings. The summed E-state index contributed by atoms with van der Waals surface area (Å²) in [5, 5.41) is 82.3. The second-order valence-corrected chi connectivity index (χ2v) is 30.4. The molecule has 1 saturated carbocycles. The summed E-state index contributed by atoms with van der Waals surface area (Å²) < 4.78 is 223. The number of hydrogen-bond acceptors (Lipinski definition) is 42. The minimum Gasteiger partial charge on any atom is -0.768 e. The molecule has 1 aliphatic carbocycles. The van der Waals surface area contributed by atoms with Crippen LogP contribution in [0.5, 0.6) is 11.5 Å². The Morgan fingerprint density at radius 3 is 1.20 bits per heavy atom. The molecule has 8 aromatic carbocycles. The van der Waals surface area contributed by atoms with Crippen LogP contribution in [0.15, 0.2) is 232 Å². The molecular weight excluding hydrogens is 1990 g/mol. The Labute approximate surface area is 1030 Å². The number of aliphatic carboxylic acids is 2. The first-order chi connectivity index (χ1) is 51.9. The van der Waals surface area contributed by atoms with E-state index < -0.39 is 160 Å². The molecule has 1 atom stereocenters. The molecule has 0 aliphatic heterocycles. The molecule has 606 valence electrons. The molecule has 0 bridgehead atoms. The van der Waals surface area contributed by atoms with Crippen molar-refractivity contribution in [1.29, 1.82) is 0 Å². The monoisotopic (exact) mass is 2040 g/mol. The Morgan fingerprint density at radius 2 is 0.854 bits per heavy atom. The van der Waals surface area contributed by atoms with Crippen LogP contribution in [0.4, 0.5) is 0 Å². The van der Waals surface area contributed by atoms with E-state index in [0.717, 1.165) is 67.6 Å². The maximum Gasteiger partial charge on any atom is 1.00 e. The zero-order chi connectivity index (χ0) is 84.4. The first-order valence-corrected chi connectivity index (χ1v) is 40.6. The van der Waals surface area contributed by atoms with Crippen molar-refractivity contribution in [2.75, 3.05) is 6.61 Å². The fraction of sp³-hybridized carbons (Fsp3) is 0.156. The van der Waals surface area contributed by atoms with Gasteiger partial charge in [-0.1, -0.05) is 210 Å². The van der Waals surface area contributed by atoms with Gasteiger partial charge in [0.25, 0.3) is 0 Å². The minimum absolute atomic E-state index is 0. The minimum atomic E-state index is -4.58. The molecule has 0 amide bonds. The van der Waals surface area contributed by atoms with Gasteiger partial charge in [0.05, 0.1) is 28.0 Å². The maximum atomic E-state index is 10.6. The molecule has 6 N–H and O–H groups in total. The smallest absolute Gasteiger partial charge is 0.768 e. The molecule has 0 spiro atoms. The number of carboxylic acids is 6. The third kappa shape index (κ3) is 68.6. The number of carbonyl (C=O) groups is 6. The number of carboxylic acid groups (broad SMARTS) is 6. The van der Waals surface area contributed by atoms with Crippen molar-refractivity contribution in [3.63, 3.8) is 0 Å². The number of aromatic carboxylic acids is 4. The van der Waals surface area contributed by atoms with Crippen molar-refractivity contribution in [3.8, 4) is 11.5 Å². The van der Waals surface area contributed by atoms with Crippen LogP contribution < -0.4 is 418 Å². The van der Waals surface area contributed by atoms with Gasteiger partial charge in [-0.2, -0.15) is 0 Å². The molecule has 1 fully saturated rings. The Balaban J connectivity index is -0.000000112. The van der Waals surface area contributed by atoms with E-state index in [1.807, 2.05) is 0 Å². The van der Waals surface area contributed by atoms with Crippen LogP contribution in [0.1, 0.15) is 97.4 Å². The zero-order valence-electron chi connectivity index (χ0n) is 67.6. The quantitative estimate of drug-likeness (QED) is 0.0128. The standard InChI is InChI=1S/C9H9O4S.C8H7O6S.C8H7O5S.C7H5O4S.C7H6O4S.C7H5O4S.C6H5O5S2.C6H5O3S.C6H11O2S.2K.10Na/c10-9(11)6-3-7-1-4-8(5-2-7)14(12)13;9-7(10)4-1-5(8(11)12)3-6(2-4)15(13)14;9-8(10)5-13-6-1-3-7(4-2-6)14(11)12;8-7(9)5-1-3-6(4-2-5)12(10)11;8-7(9)5-2-1-3-6(4-5)12(10)11;8-7(9)5-3-1-2-4-6(5)12(10)11;7-12(8)5-2-1-3-6(4-5)13(9,10)11;7-5-1-3-6(4-2-5)10(8)9;7-9(8)6-4-2-1-3-5-6;;;;;;;;;;;;/h1-2,4-5H,3,6H2,(H,10,11);1-3,7,9-10H,(H,11,12);1-4H,5H2,(H,9,10);1-4H,(H,8,9);1-4H,(H,8,9)(H,10,11);1-4H,(H,8,9);1-4H,(H,9,10,11);1-4,7H;6H,1-5H2;;;;;;;;;;;;/q4*-1;;4*-1;12*+1/p-5. The number of ether oxygens (including phenoxy) is 1. The fourth-order valence-electron chi connectivity index (χ4n) is 7.57. The van der Waals surface area contributed by atoms with E-state index >= 15 is 0 Å². The third-order valence-corrected chi connectivity index (χ3v) is 19.9. The van der Waals surface area contributed by atoms with Crippen molar-refractivity contribution in [1.82, 2.24) is 0 Å². The van der Waals surface area contributed by atoms with Crippen LogP contribution in [-0.2, 0) is 190 Å². The van der Waals surface area contributed by atoms with E-state index in [0.29, 0.717) is 6.42 Å². The van der Waals surface area contributed by atoms with Gasteiger partial charge < -0.3 is 142 Å². The van der Waals surface area contributed by atoms with Crippen LogP contribution in [0, 0.1) is 0 Å². The Hall–Kier alpha value is 2.99. The molecule has 123 heavy (non-hydrogen) atoms. The van der Waals surface area contributed by atoms with Gasteiger partial charge in [-0.15, -0.1) is 0 Å². The maximum absolute atomic E-state index is 10.6. The van der Waals surface area contributed by atoms with Gasteiger partial charge in [0.2, 0.25) is 0 Å². The number of benzene rings is 8. The Bertz CT molecular complexity index is 5200. The fourth-order valence-corrected chi connectivity index (χ4v) is 12.1. The van der Waals surface area contributed by atoms with E-state index in [1.165, 1.54) is 146 Å². The van der Waals surface area contributed by atoms with Gasteiger partial charge in [-0.3, -0.25) is 4.21 Å². The number of phenolic OH excluding ortho intramolecular Hbond substituents is 1. The van der Waals surface area contributed by atoms with Crippen LogP contribution in [0.25, 0.3) is 0 Å². The number of phenols is 1. The molecule has 0 radical (unpaired) electrons. The van der Waals surface area contributed by atoms with E-state index in [-0.39, 0.29) is 488 Å². The van der Waals surface area contributed by atoms with Gasteiger partial charge in [-0.25, -0.2) is 22.8 Å². The largest absolute Gasteiger partial charge is 1.00 e. The second-order valence-electron chi connectivity index (χ2n) is 20.4. The van der Waals surface area contributed by atoms with Crippen molar-refractivity contribution < 1.29 is 567 Å². The number of hydrogen-bond donors (Lipinski definition) is 6. The van der Waals surface area contributed by atoms with Crippen LogP contribution in [-0.4, -0.2) is 100 Å². The van der Waals surface area contributed by atoms with Crippen LogP contribution in [0.3, 0.4) is 0 Å². The summed E-state index contributed by atoms with van der Waals surface area (Å²) in [5.74, 6) is -7.14. The first-order valence-electron chi connectivity index (χ1n) is 29.5. The molecule has 0 saturated heterocycles. The van der Waals surface area contributed by atoms with Gasteiger partial charge in [0.1, 0.15) is 28.2 Å². The average Bonchev–Trinajstić information content (AvgIpc) is 0.837. The van der Waals surface area contributed by atoms with Crippen molar-refractivity contribution in [2.24, 2.45) is 0 Å². The number of carbonyl (C=O) groups excluding carboxylic acids is 3. The summed E-state index contributed by atoms with van der Waals surface area (Å²) in [7, 11) is -23.0.